The van der Waals surface area contributed by atoms with E-state index in [9.17, 15) is 0 Å². The van der Waals surface area contributed by atoms with Gasteiger partial charge in [0.15, 0.2) is 0 Å². The smallest absolute Gasteiger partial charge is 0.0925 e. The number of rotatable bonds is 4. The van der Waals surface area contributed by atoms with Gasteiger partial charge in [-0.25, -0.2) is 0 Å². The van der Waals surface area contributed by atoms with E-state index in [4.69, 9.17) is 0 Å². The van der Waals surface area contributed by atoms with Gasteiger partial charge in [0, 0.05) is 10.3 Å². The van der Waals surface area contributed by atoms with Crippen molar-refractivity contribution < 1.29 is 4.68 Å². The summed E-state index contributed by atoms with van der Waals surface area (Å²) in [5, 5.41) is 17.6. The molecule has 4 aromatic rings. The zero-order valence-corrected chi connectivity index (χ0v) is 13.3. The van der Waals surface area contributed by atoms with E-state index in [1.54, 1.807) is 9.48 Å². The molecule has 0 atom stereocenters. The van der Waals surface area contributed by atoms with Crippen LogP contribution in [-0.4, -0.2) is 15.1 Å². The molecule has 0 aliphatic carbocycles. The van der Waals surface area contributed by atoms with Gasteiger partial charge in [0.1, 0.15) is 11.4 Å². The Hall–Kier alpha value is -3.67. The van der Waals surface area contributed by atoms with Crippen molar-refractivity contribution in [2.24, 2.45) is 10.2 Å². The fourth-order valence-corrected chi connectivity index (χ4v) is 2.34. The molecule has 6 nitrogen and oxygen atoms in total. The van der Waals surface area contributed by atoms with Crippen LogP contribution >= 0.6 is 0 Å². The van der Waals surface area contributed by atoms with Crippen LogP contribution in [0.1, 0.15) is 0 Å². The molecule has 3 aromatic carbocycles. The summed E-state index contributed by atoms with van der Waals surface area (Å²) >= 11 is 0. The first-order valence-corrected chi connectivity index (χ1v) is 7.87. The molecule has 0 bridgehead atoms. The normalized spacial score (nSPS) is 11.0. The van der Waals surface area contributed by atoms with Crippen molar-refractivity contribution in [3.05, 3.63) is 91.0 Å². The van der Waals surface area contributed by atoms with Gasteiger partial charge in [-0.1, -0.05) is 64.4 Å². The lowest BCUT2D eigenvalue weighted by atomic mass is 10.3. The van der Waals surface area contributed by atoms with Gasteiger partial charge in [0.05, 0.1) is 10.8 Å². The fraction of sp³-hybridized carbons (Fsp3) is 0. The minimum absolute atomic E-state index is 0.402. The maximum Gasteiger partial charge on any atom is 0.461 e. The molecule has 0 saturated carbocycles. The van der Waals surface area contributed by atoms with Gasteiger partial charge in [-0.2, -0.15) is 0 Å². The van der Waals surface area contributed by atoms with E-state index in [1.807, 2.05) is 91.0 Å². The van der Waals surface area contributed by atoms with Crippen LogP contribution in [0.2, 0.25) is 0 Å². The molecule has 0 radical (unpaired) electrons. The number of azo groups is 1. The molecule has 0 N–H and O–H groups in total. The van der Waals surface area contributed by atoms with Gasteiger partial charge in [-0.15, -0.1) is 0 Å². The quantitative estimate of drug-likeness (QED) is 0.421. The number of aromatic nitrogens is 4. The average Bonchev–Trinajstić information content (AvgIpc) is 3.13. The second-order valence-electron chi connectivity index (χ2n) is 5.30. The van der Waals surface area contributed by atoms with Gasteiger partial charge in [-0.05, 0) is 41.2 Å². The SMILES string of the molecule is c1ccc(N=Nc2nn(-c3ccccc3)n[n+]2-c2ccccc2)cc1. The Bertz CT molecular complexity index is 978. The van der Waals surface area contributed by atoms with Crippen LogP contribution in [0.25, 0.3) is 11.4 Å². The Balaban J connectivity index is 1.78. The van der Waals surface area contributed by atoms with E-state index < -0.39 is 0 Å². The summed E-state index contributed by atoms with van der Waals surface area (Å²) in [6.45, 7) is 0. The average molecular weight is 327 g/mol. The number of para-hydroxylation sites is 2. The van der Waals surface area contributed by atoms with Gasteiger partial charge in [0.25, 0.3) is 0 Å². The highest BCUT2D eigenvalue weighted by Gasteiger charge is 2.21. The summed E-state index contributed by atoms with van der Waals surface area (Å²) in [6.07, 6.45) is 0. The molecule has 0 aliphatic heterocycles. The molecule has 0 spiro atoms. The van der Waals surface area contributed by atoms with Crippen LogP contribution in [0.15, 0.2) is 101 Å². The predicted octanol–water partition coefficient (Wildman–Crippen LogP) is 3.96. The summed E-state index contributed by atoms with van der Waals surface area (Å²) in [5.74, 6) is 0.402. The van der Waals surface area contributed by atoms with E-state index in [0.717, 1.165) is 17.1 Å². The van der Waals surface area contributed by atoms with Crippen LogP contribution in [0.3, 0.4) is 0 Å². The number of tetrazole rings is 1. The first-order chi connectivity index (χ1) is 12.4. The molecule has 25 heavy (non-hydrogen) atoms. The molecule has 1 heterocycles. The second-order valence-corrected chi connectivity index (χ2v) is 5.30. The van der Waals surface area contributed by atoms with Crippen LogP contribution in [-0.2, 0) is 0 Å². The highest BCUT2D eigenvalue weighted by atomic mass is 15.7. The van der Waals surface area contributed by atoms with Crippen molar-refractivity contribution in [3.63, 3.8) is 0 Å². The fourth-order valence-electron chi connectivity index (χ4n) is 2.34. The van der Waals surface area contributed by atoms with Crippen LogP contribution in [0, 0.1) is 0 Å². The van der Waals surface area contributed by atoms with Crippen molar-refractivity contribution in [1.82, 2.24) is 15.1 Å². The van der Waals surface area contributed by atoms with E-state index in [0.29, 0.717) is 5.95 Å². The summed E-state index contributed by atoms with van der Waals surface area (Å²) in [5.41, 5.74) is 2.48. The predicted molar refractivity (Wildman–Crippen MR) is 93.5 cm³/mol. The van der Waals surface area contributed by atoms with Gasteiger partial charge in [0.2, 0.25) is 0 Å². The molecule has 0 saturated heterocycles. The third kappa shape index (κ3) is 3.32. The minimum Gasteiger partial charge on any atom is -0.0925 e. The summed E-state index contributed by atoms with van der Waals surface area (Å²) in [7, 11) is 0. The second kappa shape index (κ2) is 6.84. The lowest BCUT2D eigenvalue weighted by molar-refractivity contribution is -0.649. The Kier molecular flexibility index (Phi) is 4.07. The highest BCUT2D eigenvalue weighted by Crippen LogP contribution is 2.15. The van der Waals surface area contributed by atoms with E-state index in [1.165, 1.54) is 0 Å². The molecular formula is C19H15N6+. The van der Waals surface area contributed by atoms with Crippen molar-refractivity contribution in [2.75, 3.05) is 0 Å². The Morgan fingerprint density at radius 2 is 1.28 bits per heavy atom. The lowest BCUT2D eigenvalue weighted by Crippen LogP contribution is -2.33. The molecular weight excluding hydrogens is 312 g/mol. The molecule has 0 aliphatic rings. The molecule has 120 valence electrons. The first kappa shape index (κ1) is 14.9. The van der Waals surface area contributed by atoms with Gasteiger partial charge in [-0.3, -0.25) is 0 Å². The third-order valence-electron chi connectivity index (χ3n) is 3.55. The Morgan fingerprint density at radius 1 is 0.680 bits per heavy atom. The largest absolute Gasteiger partial charge is 0.461 e. The molecule has 1 aromatic heterocycles. The molecule has 6 heteroatoms. The number of nitrogens with zero attached hydrogens (tertiary/aromatic N) is 6. The van der Waals surface area contributed by atoms with Crippen LogP contribution in [0.4, 0.5) is 11.6 Å². The zero-order valence-electron chi connectivity index (χ0n) is 13.3. The summed E-state index contributed by atoms with van der Waals surface area (Å²) < 4.78 is 1.67. The molecule has 0 unspecified atom stereocenters. The van der Waals surface area contributed by atoms with Crippen molar-refractivity contribution in [2.45, 2.75) is 0 Å². The zero-order chi connectivity index (χ0) is 16.9. The summed E-state index contributed by atoms with van der Waals surface area (Å²) in [4.78, 5) is 1.55. The third-order valence-corrected chi connectivity index (χ3v) is 3.55. The van der Waals surface area contributed by atoms with Crippen molar-refractivity contribution >= 4 is 11.6 Å². The van der Waals surface area contributed by atoms with Crippen molar-refractivity contribution in [3.8, 4) is 11.4 Å². The Labute approximate surface area is 144 Å². The standard InChI is InChI=1S/C19H15N6/c1-4-10-16(11-5-1)20-21-19-22-25(18-14-8-3-9-15-18)23-24(19)17-12-6-2-7-13-17/h1-15H/q+1. The maximum absolute atomic E-state index is 4.53. The van der Waals surface area contributed by atoms with Gasteiger partial charge < -0.3 is 0 Å². The van der Waals surface area contributed by atoms with Gasteiger partial charge >= 0.3 is 5.95 Å². The van der Waals surface area contributed by atoms with Crippen LogP contribution < -0.4 is 4.68 Å². The molecule has 0 fully saturated rings. The summed E-state index contributed by atoms with van der Waals surface area (Å²) in [6, 6.07) is 29.0. The topological polar surface area (TPSA) is 59.3 Å². The molecule has 0 amide bonds. The molecule has 4 rings (SSSR count). The van der Waals surface area contributed by atoms with Crippen LogP contribution in [0.5, 0.6) is 0 Å². The number of hydrogen-bond acceptors (Lipinski definition) is 4. The maximum atomic E-state index is 4.53. The monoisotopic (exact) mass is 327 g/mol. The van der Waals surface area contributed by atoms with E-state index in [2.05, 4.69) is 20.5 Å². The minimum atomic E-state index is 0.402. The van der Waals surface area contributed by atoms with E-state index in [-0.39, 0.29) is 0 Å². The Morgan fingerprint density at radius 3 is 1.96 bits per heavy atom. The van der Waals surface area contributed by atoms with Crippen molar-refractivity contribution in [1.29, 1.82) is 0 Å². The number of benzene rings is 3. The number of hydrogen-bond donors (Lipinski definition) is 0. The highest BCUT2D eigenvalue weighted by molar-refractivity contribution is 5.35. The lowest BCUT2D eigenvalue weighted by Gasteiger charge is -1.94. The van der Waals surface area contributed by atoms with E-state index >= 15 is 0 Å². The first-order valence-electron chi connectivity index (χ1n) is 7.87.